The first-order valence-corrected chi connectivity index (χ1v) is 10.8. The molecule has 0 aliphatic carbocycles. The molecule has 1 aliphatic rings. The van der Waals surface area contributed by atoms with Crippen LogP contribution in [0.15, 0.2) is 53.4 Å². The van der Waals surface area contributed by atoms with Crippen LogP contribution in [0.25, 0.3) is 0 Å². The van der Waals surface area contributed by atoms with Crippen molar-refractivity contribution < 1.29 is 17.9 Å². The molecule has 6 nitrogen and oxygen atoms in total. The van der Waals surface area contributed by atoms with Crippen LogP contribution in [0.3, 0.4) is 0 Å². The first-order chi connectivity index (χ1) is 13.3. The lowest BCUT2D eigenvalue weighted by atomic mass is 10.1. The lowest BCUT2D eigenvalue weighted by Crippen LogP contribution is -2.53. The highest BCUT2D eigenvalue weighted by Crippen LogP contribution is 2.23. The second-order valence-corrected chi connectivity index (χ2v) is 8.94. The summed E-state index contributed by atoms with van der Waals surface area (Å²) in [6, 6.07) is 14.1. The van der Waals surface area contributed by atoms with Gasteiger partial charge in [0, 0.05) is 26.2 Å². The van der Waals surface area contributed by atoms with Gasteiger partial charge >= 0.3 is 0 Å². The number of piperazine rings is 1. The van der Waals surface area contributed by atoms with Crippen LogP contribution in [0.5, 0.6) is 5.75 Å². The van der Waals surface area contributed by atoms with E-state index >= 15 is 0 Å². The highest BCUT2D eigenvalue weighted by molar-refractivity contribution is 7.89. The zero-order chi connectivity index (χ0) is 20.3. The summed E-state index contributed by atoms with van der Waals surface area (Å²) in [5.74, 6) is 0.573. The van der Waals surface area contributed by atoms with Crippen molar-refractivity contribution in [1.82, 2.24) is 9.21 Å². The van der Waals surface area contributed by atoms with Gasteiger partial charge in [-0.3, -0.25) is 4.79 Å². The van der Waals surface area contributed by atoms with E-state index in [0.29, 0.717) is 18.8 Å². The maximum atomic E-state index is 12.8. The molecular weight excluding hydrogens is 376 g/mol. The van der Waals surface area contributed by atoms with Gasteiger partial charge < -0.3 is 9.64 Å². The van der Waals surface area contributed by atoms with Gasteiger partial charge in [0.25, 0.3) is 5.91 Å². The third-order valence-electron chi connectivity index (χ3n) is 5.14. The average Bonchev–Trinajstić information content (AvgIpc) is 2.71. The first-order valence-electron chi connectivity index (χ1n) is 9.37. The lowest BCUT2D eigenvalue weighted by Gasteiger charge is -2.35. The molecule has 150 valence electrons. The smallest absolute Gasteiger partial charge is 0.263 e. The number of carbonyl (C=O) groups excluding carboxylic acids is 1. The molecule has 7 heteroatoms. The Morgan fingerprint density at radius 3 is 2.25 bits per heavy atom. The standard InChI is InChI=1S/C21H26N2O4S/c1-16-8-7-11-20(17(16)2)27-18(3)21(24)22-12-14-23(15-13-22)28(25,26)19-9-5-4-6-10-19/h4-11,18H,12-15H2,1-3H3/t18-/m0/s1. The van der Waals surface area contributed by atoms with Crippen molar-refractivity contribution in [3.63, 3.8) is 0 Å². The summed E-state index contributed by atoms with van der Waals surface area (Å²) in [6.45, 7) is 6.96. The van der Waals surface area contributed by atoms with Crippen LogP contribution in [-0.4, -0.2) is 55.8 Å². The van der Waals surface area contributed by atoms with E-state index in [0.717, 1.165) is 11.1 Å². The van der Waals surface area contributed by atoms with Crippen LogP contribution in [0.2, 0.25) is 0 Å². The molecule has 0 N–H and O–H groups in total. The van der Waals surface area contributed by atoms with E-state index in [2.05, 4.69) is 0 Å². The largest absolute Gasteiger partial charge is 0.481 e. The molecule has 0 radical (unpaired) electrons. The Balaban J connectivity index is 1.61. The predicted octanol–water partition coefficient (Wildman–Crippen LogP) is 2.60. The van der Waals surface area contributed by atoms with Gasteiger partial charge in [-0.05, 0) is 50.1 Å². The molecule has 2 aromatic carbocycles. The molecule has 1 saturated heterocycles. The van der Waals surface area contributed by atoms with E-state index in [4.69, 9.17) is 4.74 Å². The summed E-state index contributed by atoms with van der Waals surface area (Å²) in [4.78, 5) is 14.7. The third kappa shape index (κ3) is 4.20. The summed E-state index contributed by atoms with van der Waals surface area (Å²) in [5.41, 5.74) is 2.12. The second kappa shape index (κ2) is 8.32. The van der Waals surface area contributed by atoms with Crippen molar-refractivity contribution in [2.75, 3.05) is 26.2 Å². The van der Waals surface area contributed by atoms with Gasteiger partial charge in [-0.2, -0.15) is 4.31 Å². The van der Waals surface area contributed by atoms with Gasteiger partial charge in [-0.1, -0.05) is 30.3 Å². The lowest BCUT2D eigenvalue weighted by molar-refractivity contribution is -0.139. The fourth-order valence-electron chi connectivity index (χ4n) is 3.24. The summed E-state index contributed by atoms with van der Waals surface area (Å²) >= 11 is 0. The number of hydrogen-bond donors (Lipinski definition) is 0. The second-order valence-electron chi connectivity index (χ2n) is 7.00. The Morgan fingerprint density at radius 2 is 1.61 bits per heavy atom. The number of ether oxygens (including phenoxy) is 1. The Labute approximate surface area is 166 Å². The molecular formula is C21H26N2O4S. The number of sulfonamides is 1. The average molecular weight is 403 g/mol. The maximum absolute atomic E-state index is 12.8. The minimum Gasteiger partial charge on any atom is -0.481 e. The molecule has 2 aromatic rings. The minimum atomic E-state index is -3.53. The first kappa shape index (κ1) is 20.4. The Morgan fingerprint density at radius 1 is 0.964 bits per heavy atom. The summed E-state index contributed by atoms with van der Waals surface area (Å²) in [6.07, 6.45) is -0.627. The van der Waals surface area contributed by atoms with Gasteiger partial charge in [0.1, 0.15) is 5.75 Å². The van der Waals surface area contributed by atoms with Crippen LogP contribution >= 0.6 is 0 Å². The van der Waals surface area contributed by atoms with Gasteiger partial charge in [0.2, 0.25) is 10.0 Å². The number of carbonyl (C=O) groups is 1. The van der Waals surface area contributed by atoms with E-state index in [9.17, 15) is 13.2 Å². The Hall–Kier alpha value is -2.38. The van der Waals surface area contributed by atoms with Crippen molar-refractivity contribution in [2.45, 2.75) is 31.8 Å². The van der Waals surface area contributed by atoms with Crippen LogP contribution in [0, 0.1) is 13.8 Å². The highest BCUT2D eigenvalue weighted by Gasteiger charge is 2.32. The van der Waals surface area contributed by atoms with E-state index in [-0.39, 0.29) is 23.9 Å². The molecule has 1 aliphatic heterocycles. The fraction of sp³-hybridized carbons (Fsp3) is 0.381. The van der Waals surface area contributed by atoms with Crippen LogP contribution < -0.4 is 4.74 Å². The number of amides is 1. The van der Waals surface area contributed by atoms with Gasteiger partial charge in [-0.15, -0.1) is 0 Å². The highest BCUT2D eigenvalue weighted by atomic mass is 32.2. The van der Waals surface area contributed by atoms with Crippen LogP contribution in [0.1, 0.15) is 18.1 Å². The molecule has 0 spiro atoms. The summed E-state index contributed by atoms with van der Waals surface area (Å²) in [5, 5.41) is 0. The number of hydrogen-bond acceptors (Lipinski definition) is 4. The van der Waals surface area contributed by atoms with Crippen LogP contribution in [-0.2, 0) is 14.8 Å². The fourth-order valence-corrected chi connectivity index (χ4v) is 4.68. The number of rotatable bonds is 5. The summed E-state index contributed by atoms with van der Waals surface area (Å²) in [7, 11) is -3.53. The molecule has 1 heterocycles. The van der Waals surface area contributed by atoms with E-state index in [1.54, 1.807) is 42.2 Å². The zero-order valence-electron chi connectivity index (χ0n) is 16.5. The molecule has 1 fully saturated rings. The molecule has 0 saturated carbocycles. The SMILES string of the molecule is Cc1cccc(O[C@@H](C)C(=O)N2CCN(S(=O)(=O)c3ccccc3)CC2)c1C. The van der Waals surface area contributed by atoms with Crippen molar-refractivity contribution in [1.29, 1.82) is 0 Å². The molecule has 28 heavy (non-hydrogen) atoms. The third-order valence-corrected chi connectivity index (χ3v) is 7.05. The van der Waals surface area contributed by atoms with E-state index in [1.165, 1.54) is 4.31 Å². The number of nitrogens with zero attached hydrogens (tertiary/aromatic N) is 2. The van der Waals surface area contributed by atoms with Crippen molar-refractivity contribution in [2.24, 2.45) is 0 Å². The molecule has 0 aromatic heterocycles. The van der Waals surface area contributed by atoms with E-state index in [1.807, 2.05) is 32.0 Å². The van der Waals surface area contributed by atoms with Gasteiger partial charge in [0.15, 0.2) is 6.10 Å². The molecule has 1 amide bonds. The van der Waals surface area contributed by atoms with Gasteiger partial charge in [-0.25, -0.2) is 8.42 Å². The van der Waals surface area contributed by atoms with Crippen molar-refractivity contribution >= 4 is 15.9 Å². The summed E-state index contributed by atoms with van der Waals surface area (Å²) < 4.78 is 32.7. The minimum absolute atomic E-state index is 0.127. The number of benzene rings is 2. The molecule has 0 bridgehead atoms. The monoisotopic (exact) mass is 402 g/mol. The molecule has 0 unspecified atom stereocenters. The normalized spacial score (nSPS) is 16.6. The zero-order valence-corrected chi connectivity index (χ0v) is 17.3. The Bertz CT molecular complexity index is 936. The Kier molecular flexibility index (Phi) is 6.05. The molecule has 3 rings (SSSR count). The topological polar surface area (TPSA) is 66.9 Å². The quantitative estimate of drug-likeness (QED) is 0.771. The van der Waals surface area contributed by atoms with Crippen molar-refractivity contribution in [3.8, 4) is 5.75 Å². The molecule has 1 atom stereocenters. The van der Waals surface area contributed by atoms with Crippen LogP contribution in [0.4, 0.5) is 0 Å². The van der Waals surface area contributed by atoms with Gasteiger partial charge in [0.05, 0.1) is 4.90 Å². The predicted molar refractivity (Wildman–Crippen MR) is 108 cm³/mol. The van der Waals surface area contributed by atoms with Crippen molar-refractivity contribution in [3.05, 3.63) is 59.7 Å². The van der Waals surface area contributed by atoms with E-state index < -0.39 is 16.1 Å². The maximum Gasteiger partial charge on any atom is 0.263 e. The number of aryl methyl sites for hydroxylation is 1.